The smallest absolute Gasteiger partial charge is 0.371 e. The summed E-state index contributed by atoms with van der Waals surface area (Å²) in [5.41, 5.74) is 0. The molecule has 8 nitrogen and oxygen atoms in total. The molecule has 1 heterocycles. The van der Waals surface area contributed by atoms with Gasteiger partial charge in [-0.25, -0.2) is 13.2 Å². The van der Waals surface area contributed by atoms with E-state index in [1.807, 2.05) is 4.72 Å². The fourth-order valence-corrected chi connectivity index (χ4v) is 1.87. The molecule has 18 heavy (non-hydrogen) atoms. The van der Waals surface area contributed by atoms with Crippen LogP contribution in [0.3, 0.4) is 0 Å². The first-order valence-electron chi connectivity index (χ1n) is 4.77. The van der Waals surface area contributed by atoms with Crippen molar-refractivity contribution in [2.24, 2.45) is 0 Å². The molecule has 1 aromatic rings. The largest absolute Gasteiger partial charge is 0.475 e. The van der Waals surface area contributed by atoms with Gasteiger partial charge in [0.15, 0.2) is 0 Å². The summed E-state index contributed by atoms with van der Waals surface area (Å²) < 4.78 is 29.9. The Kier molecular flexibility index (Phi) is 4.09. The number of furan rings is 1. The Bertz CT molecular complexity index is 559. The summed E-state index contributed by atoms with van der Waals surface area (Å²) in [4.78, 5) is 23.0. The van der Waals surface area contributed by atoms with Crippen molar-refractivity contribution >= 4 is 21.9 Å². The van der Waals surface area contributed by atoms with E-state index in [9.17, 15) is 18.0 Å². The molecule has 100 valence electrons. The number of carboxylic acid groups (broad SMARTS) is 1. The Balaban J connectivity index is 2.80. The first-order chi connectivity index (χ1) is 8.24. The number of nitrogens with zero attached hydrogens (tertiary/aromatic N) is 1. The number of likely N-dealkylation sites (N-methyl/N-ethyl adjacent to an activating group) is 1. The minimum atomic E-state index is -4.03. The SMILES string of the molecule is CN(C)C(=O)CNS(=O)(=O)c1ccc(C(=O)O)o1. The Hall–Kier alpha value is -1.87. The highest BCUT2D eigenvalue weighted by Gasteiger charge is 2.21. The van der Waals surface area contributed by atoms with Crippen LogP contribution in [-0.2, 0) is 14.8 Å². The lowest BCUT2D eigenvalue weighted by Crippen LogP contribution is -2.36. The normalized spacial score (nSPS) is 11.2. The number of aromatic carboxylic acids is 1. The van der Waals surface area contributed by atoms with E-state index in [-0.39, 0.29) is 0 Å². The van der Waals surface area contributed by atoms with E-state index in [1.165, 1.54) is 19.0 Å². The predicted octanol–water partition coefficient (Wildman–Crippen LogP) is -0.656. The molecular weight excluding hydrogens is 264 g/mol. The number of hydrogen-bond donors (Lipinski definition) is 2. The molecule has 0 unspecified atom stereocenters. The van der Waals surface area contributed by atoms with Crippen molar-refractivity contribution in [1.82, 2.24) is 9.62 Å². The van der Waals surface area contributed by atoms with Gasteiger partial charge >= 0.3 is 5.97 Å². The van der Waals surface area contributed by atoms with Crippen molar-refractivity contribution in [1.29, 1.82) is 0 Å². The summed E-state index contributed by atoms with van der Waals surface area (Å²) in [6.07, 6.45) is 0. The van der Waals surface area contributed by atoms with Crippen molar-refractivity contribution in [2.75, 3.05) is 20.6 Å². The quantitative estimate of drug-likeness (QED) is 0.737. The third-order valence-corrected chi connectivity index (χ3v) is 3.24. The lowest BCUT2D eigenvalue weighted by molar-refractivity contribution is -0.127. The maximum absolute atomic E-state index is 11.6. The Morgan fingerprint density at radius 1 is 1.39 bits per heavy atom. The van der Waals surface area contributed by atoms with Crippen LogP contribution in [0.25, 0.3) is 0 Å². The van der Waals surface area contributed by atoms with Gasteiger partial charge in [0, 0.05) is 14.1 Å². The maximum Gasteiger partial charge on any atom is 0.371 e. The summed E-state index contributed by atoms with van der Waals surface area (Å²) in [6, 6.07) is 2.02. The highest BCUT2D eigenvalue weighted by molar-refractivity contribution is 7.89. The van der Waals surface area contributed by atoms with E-state index in [2.05, 4.69) is 4.42 Å². The molecule has 0 fully saturated rings. The van der Waals surface area contributed by atoms with Gasteiger partial charge in [0.05, 0.1) is 6.54 Å². The van der Waals surface area contributed by atoms with Crippen LogP contribution in [0.2, 0.25) is 0 Å². The summed E-state index contributed by atoms with van der Waals surface area (Å²) in [5, 5.41) is 8.04. The fourth-order valence-electron chi connectivity index (χ4n) is 0.966. The number of carboxylic acids is 1. The van der Waals surface area contributed by atoms with Crippen LogP contribution in [-0.4, -0.2) is 50.9 Å². The molecule has 1 aromatic heterocycles. The van der Waals surface area contributed by atoms with Gasteiger partial charge in [-0.15, -0.1) is 0 Å². The van der Waals surface area contributed by atoms with Gasteiger partial charge in [0.2, 0.25) is 16.8 Å². The molecule has 0 aliphatic rings. The Morgan fingerprint density at radius 3 is 2.44 bits per heavy atom. The van der Waals surface area contributed by atoms with Crippen LogP contribution >= 0.6 is 0 Å². The number of rotatable bonds is 5. The third-order valence-electron chi connectivity index (χ3n) is 1.97. The van der Waals surface area contributed by atoms with Crippen molar-refractivity contribution in [2.45, 2.75) is 5.09 Å². The zero-order valence-corrected chi connectivity index (χ0v) is 10.5. The van der Waals surface area contributed by atoms with E-state index < -0.39 is 39.3 Å². The number of hydrogen-bond acceptors (Lipinski definition) is 5. The molecule has 0 bridgehead atoms. The number of amides is 1. The standard InChI is InChI=1S/C9H12N2O6S/c1-11(2)7(12)5-10-18(15,16)8-4-3-6(17-8)9(13)14/h3-4,10H,5H2,1-2H3,(H,13,14). The predicted molar refractivity (Wildman–Crippen MR) is 59.5 cm³/mol. The van der Waals surface area contributed by atoms with Crippen LogP contribution in [0.15, 0.2) is 21.6 Å². The topological polar surface area (TPSA) is 117 Å². The molecule has 0 saturated heterocycles. The molecule has 9 heteroatoms. The van der Waals surface area contributed by atoms with Gasteiger partial charge < -0.3 is 14.4 Å². The van der Waals surface area contributed by atoms with Gasteiger partial charge in [0.25, 0.3) is 10.0 Å². The first-order valence-corrected chi connectivity index (χ1v) is 6.25. The van der Waals surface area contributed by atoms with Gasteiger partial charge in [0.1, 0.15) is 0 Å². The average Bonchev–Trinajstić information content (AvgIpc) is 2.75. The molecule has 1 amide bonds. The summed E-state index contributed by atoms with van der Waals surface area (Å²) in [5.74, 6) is -2.31. The minimum absolute atomic E-state index is 0.432. The molecule has 0 aliphatic carbocycles. The molecule has 0 saturated carbocycles. The molecule has 1 rings (SSSR count). The second-order valence-corrected chi connectivity index (χ2v) is 5.23. The van der Waals surface area contributed by atoms with Gasteiger partial charge in [-0.2, -0.15) is 4.72 Å². The Morgan fingerprint density at radius 2 is 2.00 bits per heavy atom. The summed E-state index contributed by atoms with van der Waals surface area (Å²) in [6.45, 7) is -0.432. The van der Waals surface area contributed by atoms with Gasteiger partial charge in [-0.3, -0.25) is 4.79 Å². The molecule has 2 N–H and O–H groups in total. The van der Waals surface area contributed by atoms with E-state index in [0.29, 0.717) is 0 Å². The summed E-state index contributed by atoms with van der Waals surface area (Å²) >= 11 is 0. The average molecular weight is 276 g/mol. The Labute approximate surface area is 103 Å². The first kappa shape index (κ1) is 14.2. The second kappa shape index (κ2) is 5.19. The molecule has 0 aromatic carbocycles. The molecule has 0 radical (unpaired) electrons. The van der Waals surface area contributed by atoms with E-state index >= 15 is 0 Å². The van der Waals surface area contributed by atoms with Crippen LogP contribution < -0.4 is 4.72 Å². The number of carbonyl (C=O) groups excluding carboxylic acids is 1. The van der Waals surface area contributed by atoms with Gasteiger partial charge in [-0.05, 0) is 12.1 Å². The van der Waals surface area contributed by atoms with Gasteiger partial charge in [-0.1, -0.05) is 0 Å². The number of nitrogens with one attached hydrogen (secondary N) is 1. The van der Waals surface area contributed by atoms with E-state index in [0.717, 1.165) is 12.1 Å². The van der Waals surface area contributed by atoms with Crippen molar-refractivity contribution in [3.8, 4) is 0 Å². The number of carbonyl (C=O) groups is 2. The number of sulfonamides is 1. The zero-order chi connectivity index (χ0) is 13.9. The van der Waals surface area contributed by atoms with Crippen molar-refractivity contribution in [3.63, 3.8) is 0 Å². The third kappa shape index (κ3) is 3.31. The van der Waals surface area contributed by atoms with E-state index in [1.54, 1.807) is 0 Å². The molecule has 0 atom stereocenters. The monoisotopic (exact) mass is 276 g/mol. The van der Waals surface area contributed by atoms with Crippen LogP contribution in [0.5, 0.6) is 0 Å². The van der Waals surface area contributed by atoms with E-state index in [4.69, 9.17) is 5.11 Å². The maximum atomic E-state index is 11.6. The van der Waals surface area contributed by atoms with Crippen molar-refractivity contribution in [3.05, 3.63) is 17.9 Å². The minimum Gasteiger partial charge on any atom is -0.475 e. The highest BCUT2D eigenvalue weighted by atomic mass is 32.2. The molecule has 0 aliphatic heterocycles. The van der Waals surface area contributed by atoms with Crippen LogP contribution in [0.4, 0.5) is 0 Å². The fraction of sp³-hybridized carbons (Fsp3) is 0.333. The highest BCUT2D eigenvalue weighted by Crippen LogP contribution is 2.13. The lowest BCUT2D eigenvalue weighted by atomic mass is 10.5. The molecule has 0 spiro atoms. The van der Waals surface area contributed by atoms with Crippen molar-refractivity contribution < 1.29 is 27.5 Å². The zero-order valence-electron chi connectivity index (χ0n) is 9.71. The molecular formula is C9H12N2O6S. The van der Waals surface area contributed by atoms with Crippen LogP contribution in [0.1, 0.15) is 10.6 Å². The summed E-state index contributed by atoms with van der Waals surface area (Å²) in [7, 11) is -1.07. The van der Waals surface area contributed by atoms with Crippen LogP contribution in [0, 0.1) is 0 Å². The second-order valence-electron chi connectivity index (χ2n) is 3.54. The lowest BCUT2D eigenvalue weighted by Gasteiger charge is -2.10.